The van der Waals surface area contributed by atoms with Crippen LogP contribution in [0.2, 0.25) is 0 Å². The van der Waals surface area contributed by atoms with Crippen LogP contribution >= 0.6 is 12.4 Å². The van der Waals surface area contributed by atoms with E-state index in [9.17, 15) is 4.79 Å². The molecule has 0 unspecified atom stereocenters. The number of carbonyl (C=O) groups is 1. The molecule has 0 aromatic rings. The van der Waals surface area contributed by atoms with Gasteiger partial charge in [0.15, 0.2) is 0 Å². The maximum atomic E-state index is 11.8. The summed E-state index contributed by atoms with van der Waals surface area (Å²) in [7, 11) is 0. The Morgan fingerprint density at radius 3 is 2.53 bits per heavy atom. The van der Waals surface area contributed by atoms with Gasteiger partial charge in [-0.05, 0) is 31.1 Å². The zero-order chi connectivity index (χ0) is 13.6. The molecular weight excluding hydrogens is 264 g/mol. The van der Waals surface area contributed by atoms with Crippen molar-refractivity contribution in [3.05, 3.63) is 0 Å². The maximum absolute atomic E-state index is 11.8. The predicted molar refractivity (Wildman–Crippen MR) is 80.5 cm³/mol. The summed E-state index contributed by atoms with van der Waals surface area (Å²) in [6.07, 6.45) is 4.88. The van der Waals surface area contributed by atoms with Gasteiger partial charge in [-0.25, -0.2) is 0 Å². The molecule has 1 saturated heterocycles. The number of hydrogen-bond donors (Lipinski definition) is 2. The summed E-state index contributed by atoms with van der Waals surface area (Å²) in [6, 6.07) is 0. The highest BCUT2D eigenvalue weighted by molar-refractivity contribution is 5.85. The fraction of sp³-hybridized carbons (Fsp3) is 0.929. The van der Waals surface area contributed by atoms with Gasteiger partial charge in [0.1, 0.15) is 6.10 Å². The first kappa shape index (κ1) is 18.7. The van der Waals surface area contributed by atoms with E-state index in [1.54, 1.807) is 0 Å². The number of halogens is 1. The summed E-state index contributed by atoms with van der Waals surface area (Å²) in [6.45, 7) is 7.98. The lowest BCUT2D eigenvalue weighted by atomic mass is 9.90. The Morgan fingerprint density at radius 2 is 2.00 bits per heavy atom. The molecule has 0 spiro atoms. The predicted octanol–water partition coefficient (Wildman–Crippen LogP) is 2.25. The van der Waals surface area contributed by atoms with Crippen LogP contribution in [-0.2, 0) is 9.53 Å². The van der Waals surface area contributed by atoms with Crippen LogP contribution in [0.5, 0.6) is 0 Å². The highest BCUT2D eigenvalue weighted by atomic mass is 35.5. The van der Waals surface area contributed by atoms with Crippen molar-refractivity contribution >= 4 is 18.3 Å². The quantitative estimate of drug-likeness (QED) is 0.738. The van der Waals surface area contributed by atoms with E-state index in [1.165, 1.54) is 6.42 Å². The van der Waals surface area contributed by atoms with Crippen LogP contribution in [-0.4, -0.2) is 31.2 Å². The number of carbonyl (C=O) groups excluding carboxylic acids is 1. The first-order valence-electron chi connectivity index (χ1n) is 7.05. The Morgan fingerprint density at radius 1 is 1.32 bits per heavy atom. The Kier molecular flexibility index (Phi) is 8.62. The molecule has 0 radical (unpaired) electrons. The van der Waals surface area contributed by atoms with Gasteiger partial charge in [-0.1, -0.05) is 27.2 Å². The van der Waals surface area contributed by atoms with Crippen molar-refractivity contribution in [2.45, 2.75) is 65.1 Å². The molecule has 2 atom stereocenters. The van der Waals surface area contributed by atoms with Crippen LogP contribution in [0, 0.1) is 5.41 Å². The Labute approximate surface area is 123 Å². The third-order valence-electron chi connectivity index (χ3n) is 3.32. The fourth-order valence-corrected chi connectivity index (χ4v) is 2.18. The number of unbranched alkanes of at least 4 members (excludes halogenated alkanes) is 1. The molecule has 1 heterocycles. The molecule has 0 bridgehead atoms. The van der Waals surface area contributed by atoms with E-state index in [1.807, 2.05) is 0 Å². The van der Waals surface area contributed by atoms with Crippen molar-refractivity contribution < 1.29 is 9.53 Å². The van der Waals surface area contributed by atoms with Gasteiger partial charge in [0.05, 0.1) is 6.10 Å². The van der Waals surface area contributed by atoms with Crippen LogP contribution in [0.25, 0.3) is 0 Å². The average molecular weight is 293 g/mol. The first-order chi connectivity index (χ1) is 8.42. The van der Waals surface area contributed by atoms with E-state index in [2.05, 4.69) is 26.1 Å². The van der Waals surface area contributed by atoms with Gasteiger partial charge in [-0.3, -0.25) is 4.79 Å². The molecule has 5 heteroatoms. The molecule has 0 aliphatic carbocycles. The molecule has 1 rings (SSSR count). The average Bonchev–Trinajstić information content (AvgIpc) is 2.75. The zero-order valence-corrected chi connectivity index (χ0v) is 13.2. The molecular formula is C14H29ClN2O2. The highest BCUT2D eigenvalue weighted by Gasteiger charge is 2.29. The molecule has 1 aliphatic heterocycles. The summed E-state index contributed by atoms with van der Waals surface area (Å²) in [4.78, 5) is 11.8. The van der Waals surface area contributed by atoms with Gasteiger partial charge in [0.25, 0.3) is 0 Å². The Balaban J connectivity index is 0.00000324. The normalized spacial score (nSPS) is 22.9. The number of amides is 1. The molecule has 1 fully saturated rings. The first-order valence-corrected chi connectivity index (χ1v) is 7.05. The molecule has 0 saturated carbocycles. The Hall–Kier alpha value is -0.320. The van der Waals surface area contributed by atoms with E-state index in [0.29, 0.717) is 12.0 Å². The van der Waals surface area contributed by atoms with Crippen LogP contribution in [0.1, 0.15) is 52.9 Å². The van der Waals surface area contributed by atoms with Crippen molar-refractivity contribution in [2.75, 3.05) is 13.1 Å². The summed E-state index contributed by atoms with van der Waals surface area (Å²) < 4.78 is 5.55. The topological polar surface area (TPSA) is 64.4 Å². The van der Waals surface area contributed by atoms with E-state index < -0.39 is 0 Å². The largest absolute Gasteiger partial charge is 0.364 e. The minimum atomic E-state index is -0.277. The van der Waals surface area contributed by atoms with Crippen molar-refractivity contribution in [3.63, 3.8) is 0 Å². The molecule has 114 valence electrons. The maximum Gasteiger partial charge on any atom is 0.249 e. The van der Waals surface area contributed by atoms with Gasteiger partial charge >= 0.3 is 0 Å². The lowest BCUT2D eigenvalue weighted by Gasteiger charge is -2.18. The van der Waals surface area contributed by atoms with Gasteiger partial charge in [0.2, 0.25) is 5.91 Å². The van der Waals surface area contributed by atoms with Gasteiger partial charge in [-0.2, -0.15) is 0 Å². The van der Waals surface area contributed by atoms with Crippen LogP contribution < -0.4 is 11.1 Å². The second-order valence-corrected chi connectivity index (χ2v) is 6.37. The van der Waals surface area contributed by atoms with Gasteiger partial charge < -0.3 is 15.8 Å². The highest BCUT2D eigenvalue weighted by Crippen LogP contribution is 2.21. The van der Waals surface area contributed by atoms with Crippen molar-refractivity contribution in [1.29, 1.82) is 0 Å². The number of nitrogens with one attached hydrogen (secondary N) is 1. The summed E-state index contributed by atoms with van der Waals surface area (Å²) in [5.41, 5.74) is 5.90. The third kappa shape index (κ3) is 7.75. The van der Waals surface area contributed by atoms with Crippen molar-refractivity contribution in [1.82, 2.24) is 5.32 Å². The van der Waals surface area contributed by atoms with Crippen molar-refractivity contribution in [3.8, 4) is 0 Å². The SMILES string of the molecule is CC(C)(C)CCCCNC(=O)[C@@H]1CC[C@H](CN)O1.Cl. The molecule has 4 nitrogen and oxygen atoms in total. The molecule has 1 amide bonds. The molecule has 1 aliphatic rings. The standard InChI is InChI=1S/C14H28N2O2.ClH/c1-14(2,3)8-4-5-9-16-13(17)12-7-6-11(10-15)18-12;/h11-12H,4-10,15H2,1-3H3,(H,16,17);1H/t11-,12+;/m1./s1. The van der Waals surface area contributed by atoms with Crippen molar-refractivity contribution in [2.24, 2.45) is 11.1 Å². The summed E-state index contributed by atoms with van der Waals surface area (Å²) in [5.74, 6) is 0.0294. The van der Waals surface area contributed by atoms with Gasteiger partial charge in [-0.15, -0.1) is 12.4 Å². The smallest absolute Gasteiger partial charge is 0.249 e. The number of rotatable bonds is 6. The number of nitrogens with two attached hydrogens (primary N) is 1. The van der Waals surface area contributed by atoms with Crippen LogP contribution in [0.15, 0.2) is 0 Å². The zero-order valence-electron chi connectivity index (χ0n) is 12.4. The van der Waals surface area contributed by atoms with E-state index in [4.69, 9.17) is 10.5 Å². The Bertz CT molecular complexity index is 267. The van der Waals surface area contributed by atoms with Crippen LogP contribution in [0.4, 0.5) is 0 Å². The summed E-state index contributed by atoms with van der Waals surface area (Å²) >= 11 is 0. The lowest BCUT2D eigenvalue weighted by molar-refractivity contribution is -0.131. The molecule has 3 N–H and O–H groups in total. The minimum absolute atomic E-state index is 0. The second kappa shape index (κ2) is 8.77. The lowest BCUT2D eigenvalue weighted by Crippen LogP contribution is -2.36. The fourth-order valence-electron chi connectivity index (χ4n) is 2.18. The van der Waals surface area contributed by atoms with E-state index in [0.717, 1.165) is 32.2 Å². The van der Waals surface area contributed by atoms with E-state index in [-0.39, 0.29) is 30.5 Å². The number of ether oxygens (including phenoxy) is 1. The molecule has 0 aromatic carbocycles. The van der Waals surface area contributed by atoms with Crippen LogP contribution in [0.3, 0.4) is 0 Å². The monoisotopic (exact) mass is 292 g/mol. The number of hydrogen-bond acceptors (Lipinski definition) is 3. The third-order valence-corrected chi connectivity index (χ3v) is 3.32. The molecule has 0 aromatic heterocycles. The minimum Gasteiger partial charge on any atom is -0.364 e. The second-order valence-electron chi connectivity index (χ2n) is 6.37. The van der Waals surface area contributed by atoms with E-state index >= 15 is 0 Å². The molecule has 19 heavy (non-hydrogen) atoms. The summed E-state index contributed by atoms with van der Waals surface area (Å²) in [5, 5.41) is 2.95. The van der Waals surface area contributed by atoms with Gasteiger partial charge in [0, 0.05) is 13.1 Å².